The highest BCUT2D eigenvalue weighted by Crippen LogP contribution is 2.24. The van der Waals surface area contributed by atoms with Crippen LogP contribution in [0.5, 0.6) is 0 Å². The topological polar surface area (TPSA) is 77.6 Å². The van der Waals surface area contributed by atoms with E-state index in [2.05, 4.69) is 20.5 Å². The number of hydrogen-bond donors (Lipinski definition) is 2. The zero-order valence-electron chi connectivity index (χ0n) is 15.1. The number of halogens is 1. The standard InChI is InChI=1S/C18H26ClN5O2/c1-20-17(25)13-2-5-15(6-3-13)22-18(26)24-10-8-23(9-11-24)16-7-4-14(19)12-21-16/h4,7,12-13,15H,2-3,5-6,8-11H2,1H3,(H,20,25)(H,22,26). The molecule has 0 spiro atoms. The van der Waals surface area contributed by atoms with Gasteiger partial charge in [-0.2, -0.15) is 0 Å². The van der Waals surface area contributed by atoms with Crippen LogP contribution in [0.1, 0.15) is 25.7 Å². The molecule has 8 heteroatoms. The Hall–Kier alpha value is -2.02. The summed E-state index contributed by atoms with van der Waals surface area (Å²) in [5.41, 5.74) is 0. The van der Waals surface area contributed by atoms with Crippen LogP contribution in [-0.2, 0) is 4.79 Å². The molecular weight excluding hydrogens is 354 g/mol. The first kappa shape index (κ1) is 18.8. The number of pyridine rings is 1. The third kappa shape index (κ3) is 4.58. The van der Waals surface area contributed by atoms with Crippen LogP contribution in [0.25, 0.3) is 0 Å². The predicted molar refractivity (Wildman–Crippen MR) is 101 cm³/mol. The van der Waals surface area contributed by atoms with Gasteiger partial charge < -0.3 is 20.4 Å². The fourth-order valence-corrected chi connectivity index (χ4v) is 3.78. The first-order valence-electron chi connectivity index (χ1n) is 9.20. The summed E-state index contributed by atoms with van der Waals surface area (Å²) < 4.78 is 0. The molecule has 0 aromatic carbocycles. The number of nitrogens with zero attached hydrogens (tertiary/aromatic N) is 3. The minimum Gasteiger partial charge on any atom is -0.359 e. The number of hydrogen-bond acceptors (Lipinski definition) is 4. The zero-order chi connectivity index (χ0) is 18.5. The molecule has 3 rings (SSSR count). The molecule has 1 saturated heterocycles. The average molecular weight is 380 g/mol. The van der Waals surface area contributed by atoms with Crippen molar-refractivity contribution < 1.29 is 9.59 Å². The normalized spacial score (nSPS) is 23.5. The Morgan fingerprint density at radius 1 is 1.12 bits per heavy atom. The smallest absolute Gasteiger partial charge is 0.317 e. The van der Waals surface area contributed by atoms with E-state index in [0.29, 0.717) is 18.1 Å². The summed E-state index contributed by atoms with van der Waals surface area (Å²) in [7, 11) is 1.68. The monoisotopic (exact) mass is 379 g/mol. The van der Waals surface area contributed by atoms with Gasteiger partial charge in [-0.15, -0.1) is 0 Å². The van der Waals surface area contributed by atoms with Gasteiger partial charge in [0.2, 0.25) is 5.91 Å². The minimum absolute atomic E-state index is 0.00268. The molecular formula is C18H26ClN5O2. The molecule has 2 fully saturated rings. The van der Waals surface area contributed by atoms with E-state index in [0.717, 1.165) is 44.6 Å². The number of carbonyl (C=O) groups is 2. The van der Waals surface area contributed by atoms with Gasteiger partial charge in [-0.25, -0.2) is 9.78 Å². The molecule has 142 valence electrons. The number of rotatable bonds is 3. The van der Waals surface area contributed by atoms with Gasteiger partial charge in [0, 0.05) is 51.4 Å². The fourth-order valence-electron chi connectivity index (χ4n) is 3.66. The largest absolute Gasteiger partial charge is 0.359 e. The Morgan fingerprint density at radius 2 is 1.81 bits per heavy atom. The van der Waals surface area contributed by atoms with Crippen LogP contribution in [0, 0.1) is 5.92 Å². The molecule has 0 radical (unpaired) electrons. The first-order chi connectivity index (χ1) is 12.6. The Bertz CT molecular complexity index is 623. The maximum atomic E-state index is 12.5. The third-order valence-corrected chi connectivity index (χ3v) is 5.50. The van der Waals surface area contributed by atoms with Gasteiger partial charge in [0.05, 0.1) is 5.02 Å². The van der Waals surface area contributed by atoms with E-state index < -0.39 is 0 Å². The molecule has 26 heavy (non-hydrogen) atoms. The van der Waals surface area contributed by atoms with Crippen molar-refractivity contribution in [1.29, 1.82) is 0 Å². The quantitative estimate of drug-likeness (QED) is 0.840. The van der Waals surface area contributed by atoms with E-state index in [1.54, 1.807) is 13.2 Å². The number of anilines is 1. The molecule has 3 amide bonds. The number of carbonyl (C=O) groups excluding carboxylic acids is 2. The summed E-state index contributed by atoms with van der Waals surface area (Å²) in [6, 6.07) is 3.90. The number of urea groups is 1. The van der Waals surface area contributed by atoms with Crippen LogP contribution in [0.4, 0.5) is 10.6 Å². The second-order valence-electron chi connectivity index (χ2n) is 6.92. The lowest BCUT2D eigenvalue weighted by atomic mass is 9.85. The van der Waals surface area contributed by atoms with E-state index in [1.165, 1.54) is 0 Å². The van der Waals surface area contributed by atoms with Crippen molar-refractivity contribution in [3.05, 3.63) is 23.4 Å². The number of piperazine rings is 1. The van der Waals surface area contributed by atoms with Crippen LogP contribution >= 0.6 is 11.6 Å². The van der Waals surface area contributed by atoms with Gasteiger partial charge in [0.15, 0.2) is 0 Å². The molecule has 2 N–H and O–H groups in total. The van der Waals surface area contributed by atoms with E-state index >= 15 is 0 Å². The summed E-state index contributed by atoms with van der Waals surface area (Å²) in [5.74, 6) is 1.09. The van der Waals surface area contributed by atoms with Gasteiger partial charge >= 0.3 is 6.03 Å². The van der Waals surface area contributed by atoms with E-state index in [4.69, 9.17) is 11.6 Å². The summed E-state index contributed by atoms with van der Waals surface area (Å²) in [4.78, 5) is 32.6. The lowest BCUT2D eigenvalue weighted by Crippen LogP contribution is -2.54. The maximum Gasteiger partial charge on any atom is 0.317 e. The highest BCUT2D eigenvalue weighted by atomic mass is 35.5. The van der Waals surface area contributed by atoms with E-state index in [9.17, 15) is 9.59 Å². The van der Waals surface area contributed by atoms with Crippen LogP contribution < -0.4 is 15.5 Å². The summed E-state index contributed by atoms with van der Waals surface area (Å²) >= 11 is 5.88. The molecule has 0 atom stereocenters. The van der Waals surface area contributed by atoms with E-state index in [1.807, 2.05) is 17.0 Å². The van der Waals surface area contributed by atoms with Crippen LogP contribution in [0.2, 0.25) is 5.02 Å². The Labute approximate surface area is 159 Å². The van der Waals surface area contributed by atoms with Gasteiger partial charge in [-0.3, -0.25) is 4.79 Å². The van der Waals surface area contributed by atoms with Crippen molar-refractivity contribution in [1.82, 2.24) is 20.5 Å². The molecule has 0 bridgehead atoms. The van der Waals surface area contributed by atoms with Crippen molar-refractivity contribution in [2.75, 3.05) is 38.1 Å². The van der Waals surface area contributed by atoms with Crippen LogP contribution in [0.3, 0.4) is 0 Å². The summed E-state index contributed by atoms with van der Waals surface area (Å²) in [5, 5.41) is 6.47. The first-order valence-corrected chi connectivity index (χ1v) is 9.58. The second kappa shape index (κ2) is 8.58. The average Bonchev–Trinajstić information content (AvgIpc) is 2.68. The summed E-state index contributed by atoms with van der Waals surface area (Å²) in [6.07, 6.45) is 5.03. The molecule has 1 aromatic heterocycles. The Balaban J connectivity index is 1.43. The lowest BCUT2D eigenvalue weighted by molar-refractivity contribution is -0.125. The maximum absolute atomic E-state index is 12.5. The van der Waals surface area contributed by atoms with Gasteiger partial charge in [-0.05, 0) is 37.8 Å². The summed E-state index contributed by atoms with van der Waals surface area (Å²) in [6.45, 7) is 2.85. The highest BCUT2D eigenvalue weighted by molar-refractivity contribution is 6.30. The third-order valence-electron chi connectivity index (χ3n) is 5.27. The molecule has 1 aromatic rings. The van der Waals surface area contributed by atoms with Gasteiger partial charge in [-0.1, -0.05) is 11.6 Å². The van der Waals surface area contributed by atoms with Gasteiger partial charge in [0.1, 0.15) is 5.82 Å². The van der Waals surface area contributed by atoms with Crippen LogP contribution in [-0.4, -0.2) is 61.1 Å². The zero-order valence-corrected chi connectivity index (χ0v) is 15.8. The lowest BCUT2D eigenvalue weighted by Gasteiger charge is -2.37. The highest BCUT2D eigenvalue weighted by Gasteiger charge is 2.28. The second-order valence-corrected chi connectivity index (χ2v) is 7.36. The molecule has 2 heterocycles. The Morgan fingerprint density at radius 3 is 2.38 bits per heavy atom. The molecule has 1 saturated carbocycles. The van der Waals surface area contributed by atoms with Crippen molar-refractivity contribution in [3.8, 4) is 0 Å². The van der Waals surface area contributed by atoms with Crippen LogP contribution in [0.15, 0.2) is 18.3 Å². The molecule has 2 aliphatic rings. The molecule has 1 aliphatic heterocycles. The van der Waals surface area contributed by atoms with Gasteiger partial charge in [0.25, 0.3) is 0 Å². The number of nitrogens with one attached hydrogen (secondary N) is 2. The van der Waals surface area contributed by atoms with Crippen molar-refractivity contribution in [3.63, 3.8) is 0 Å². The fraction of sp³-hybridized carbons (Fsp3) is 0.611. The molecule has 0 unspecified atom stereocenters. The molecule has 1 aliphatic carbocycles. The van der Waals surface area contributed by atoms with E-state index in [-0.39, 0.29) is 23.9 Å². The van der Waals surface area contributed by atoms with Crippen molar-refractivity contribution in [2.45, 2.75) is 31.7 Å². The predicted octanol–water partition coefficient (Wildman–Crippen LogP) is 1.87. The van der Waals surface area contributed by atoms with Crippen molar-refractivity contribution in [2.24, 2.45) is 5.92 Å². The number of amides is 3. The minimum atomic E-state index is -0.00268. The van der Waals surface area contributed by atoms with Crippen molar-refractivity contribution >= 4 is 29.4 Å². The number of aromatic nitrogens is 1. The molecule has 7 nitrogen and oxygen atoms in total. The Kier molecular flexibility index (Phi) is 6.19. The SMILES string of the molecule is CNC(=O)C1CCC(NC(=O)N2CCN(c3ccc(Cl)cn3)CC2)CC1.